The SMILES string of the molecule is NCCCCCCNC(F)(F)F. The van der Waals surface area contributed by atoms with Crippen LogP contribution in [0.5, 0.6) is 0 Å². The third kappa shape index (κ3) is 9.71. The molecule has 0 bridgehead atoms. The van der Waals surface area contributed by atoms with Crippen molar-refractivity contribution in [2.45, 2.75) is 32.0 Å². The van der Waals surface area contributed by atoms with Crippen molar-refractivity contribution in [3.63, 3.8) is 0 Å². The van der Waals surface area contributed by atoms with Crippen LogP contribution in [0.4, 0.5) is 13.2 Å². The zero-order chi connectivity index (χ0) is 9.45. The van der Waals surface area contributed by atoms with Crippen LogP contribution in [-0.2, 0) is 0 Å². The molecule has 0 atom stereocenters. The van der Waals surface area contributed by atoms with Crippen molar-refractivity contribution in [2.24, 2.45) is 5.73 Å². The first-order chi connectivity index (χ1) is 5.56. The Balaban J connectivity index is 3.01. The van der Waals surface area contributed by atoms with Crippen LogP contribution < -0.4 is 11.1 Å². The first-order valence-corrected chi connectivity index (χ1v) is 4.08. The van der Waals surface area contributed by atoms with Gasteiger partial charge in [-0.15, -0.1) is 0 Å². The average molecular weight is 184 g/mol. The minimum absolute atomic E-state index is 0.00801. The van der Waals surface area contributed by atoms with E-state index < -0.39 is 6.30 Å². The van der Waals surface area contributed by atoms with E-state index in [4.69, 9.17) is 5.73 Å². The van der Waals surface area contributed by atoms with Crippen LogP contribution in [0.2, 0.25) is 0 Å². The number of rotatable bonds is 6. The van der Waals surface area contributed by atoms with Crippen molar-refractivity contribution in [2.75, 3.05) is 13.1 Å². The van der Waals surface area contributed by atoms with Gasteiger partial charge in [-0.05, 0) is 19.4 Å². The number of hydrogen-bond donors (Lipinski definition) is 2. The first kappa shape index (κ1) is 11.7. The van der Waals surface area contributed by atoms with Crippen molar-refractivity contribution in [1.29, 1.82) is 0 Å². The molecule has 0 aliphatic rings. The highest BCUT2D eigenvalue weighted by atomic mass is 19.4. The Kier molecular flexibility index (Phi) is 6.10. The van der Waals surface area contributed by atoms with Crippen molar-refractivity contribution < 1.29 is 13.2 Å². The Morgan fingerprint density at radius 2 is 1.58 bits per heavy atom. The van der Waals surface area contributed by atoms with Gasteiger partial charge in [0, 0.05) is 6.54 Å². The van der Waals surface area contributed by atoms with Gasteiger partial charge in [0.05, 0.1) is 0 Å². The van der Waals surface area contributed by atoms with E-state index in [-0.39, 0.29) is 6.54 Å². The zero-order valence-electron chi connectivity index (χ0n) is 6.95. The standard InChI is InChI=1S/C7H15F3N2/c8-7(9,10)12-6-4-2-1-3-5-11/h12H,1-6,11H2. The molecule has 0 fully saturated rings. The highest BCUT2D eigenvalue weighted by Gasteiger charge is 2.25. The number of nitrogens with two attached hydrogens (primary N) is 1. The number of nitrogens with one attached hydrogen (secondary N) is 1. The van der Waals surface area contributed by atoms with E-state index in [1.807, 2.05) is 0 Å². The van der Waals surface area contributed by atoms with E-state index in [0.29, 0.717) is 13.0 Å². The Hall–Kier alpha value is -0.290. The van der Waals surface area contributed by atoms with Crippen LogP contribution in [-0.4, -0.2) is 19.4 Å². The molecule has 0 aromatic heterocycles. The van der Waals surface area contributed by atoms with Gasteiger partial charge in [0.25, 0.3) is 0 Å². The molecule has 74 valence electrons. The lowest BCUT2D eigenvalue weighted by Crippen LogP contribution is -2.32. The number of alkyl halides is 3. The summed E-state index contributed by atoms with van der Waals surface area (Å²) >= 11 is 0. The molecule has 0 saturated heterocycles. The summed E-state index contributed by atoms with van der Waals surface area (Å²) < 4.78 is 34.5. The zero-order valence-corrected chi connectivity index (χ0v) is 6.95. The summed E-state index contributed by atoms with van der Waals surface area (Å²) in [7, 11) is 0. The molecule has 3 N–H and O–H groups in total. The Labute approximate surface area is 70.3 Å². The maximum atomic E-state index is 11.5. The van der Waals surface area contributed by atoms with Gasteiger partial charge in [-0.1, -0.05) is 12.8 Å². The minimum atomic E-state index is -4.23. The van der Waals surface area contributed by atoms with Gasteiger partial charge in [0.15, 0.2) is 0 Å². The van der Waals surface area contributed by atoms with Crippen LogP contribution in [0.25, 0.3) is 0 Å². The van der Waals surface area contributed by atoms with Crippen LogP contribution in [0.15, 0.2) is 0 Å². The summed E-state index contributed by atoms with van der Waals surface area (Å²) in [5.74, 6) is 0. The molecule has 2 nitrogen and oxygen atoms in total. The Morgan fingerprint density at radius 1 is 1.00 bits per heavy atom. The molecule has 0 aliphatic carbocycles. The Morgan fingerprint density at radius 3 is 2.08 bits per heavy atom. The second kappa shape index (κ2) is 6.25. The fourth-order valence-corrected chi connectivity index (χ4v) is 0.853. The van der Waals surface area contributed by atoms with Gasteiger partial charge in [0.1, 0.15) is 0 Å². The normalized spacial score (nSPS) is 12.0. The predicted molar refractivity (Wildman–Crippen MR) is 41.6 cm³/mol. The monoisotopic (exact) mass is 184 g/mol. The van der Waals surface area contributed by atoms with Crippen molar-refractivity contribution in [1.82, 2.24) is 5.32 Å². The van der Waals surface area contributed by atoms with Gasteiger partial charge in [0.2, 0.25) is 0 Å². The van der Waals surface area contributed by atoms with Crippen molar-refractivity contribution >= 4 is 0 Å². The molecule has 12 heavy (non-hydrogen) atoms. The highest BCUT2D eigenvalue weighted by Crippen LogP contribution is 2.09. The van der Waals surface area contributed by atoms with E-state index in [9.17, 15) is 13.2 Å². The lowest BCUT2D eigenvalue weighted by Gasteiger charge is -2.07. The van der Waals surface area contributed by atoms with E-state index in [0.717, 1.165) is 19.3 Å². The summed E-state index contributed by atoms with van der Waals surface area (Å²) in [6, 6.07) is 0. The summed E-state index contributed by atoms with van der Waals surface area (Å²) in [5, 5.41) is 1.47. The lowest BCUT2D eigenvalue weighted by molar-refractivity contribution is -0.156. The van der Waals surface area contributed by atoms with Gasteiger partial charge >= 0.3 is 6.30 Å². The average Bonchev–Trinajstić information content (AvgIpc) is 1.94. The highest BCUT2D eigenvalue weighted by molar-refractivity contribution is 4.50. The summed E-state index contributed by atoms with van der Waals surface area (Å²) in [6.45, 7) is 0.626. The Bertz CT molecular complexity index is 103. The molecule has 5 heteroatoms. The van der Waals surface area contributed by atoms with E-state index >= 15 is 0 Å². The molecule has 0 amide bonds. The van der Waals surface area contributed by atoms with Crippen LogP contribution in [0.3, 0.4) is 0 Å². The van der Waals surface area contributed by atoms with Gasteiger partial charge in [-0.25, -0.2) is 5.32 Å². The minimum Gasteiger partial charge on any atom is -0.330 e. The number of unbranched alkanes of at least 4 members (excludes halogenated alkanes) is 3. The third-order valence-electron chi connectivity index (χ3n) is 1.46. The van der Waals surface area contributed by atoms with Gasteiger partial charge in [-0.2, -0.15) is 13.2 Å². The third-order valence-corrected chi connectivity index (χ3v) is 1.46. The maximum Gasteiger partial charge on any atom is 0.457 e. The second-order valence-corrected chi connectivity index (χ2v) is 2.63. The van der Waals surface area contributed by atoms with Crippen LogP contribution in [0.1, 0.15) is 25.7 Å². The molecule has 0 heterocycles. The molecule has 0 spiro atoms. The smallest absolute Gasteiger partial charge is 0.330 e. The fourth-order valence-electron chi connectivity index (χ4n) is 0.853. The quantitative estimate of drug-likeness (QED) is 0.486. The van der Waals surface area contributed by atoms with E-state index in [1.54, 1.807) is 0 Å². The fraction of sp³-hybridized carbons (Fsp3) is 1.00. The van der Waals surface area contributed by atoms with E-state index in [2.05, 4.69) is 0 Å². The van der Waals surface area contributed by atoms with Gasteiger partial charge < -0.3 is 5.73 Å². The van der Waals surface area contributed by atoms with Crippen LogP contribution >= 0.6 is 0 Å². The molecule has 0 rings (SSSR count). The summed E-state index contributed by atoms with van der Waals surface area (Å²) in [5.41, 5.74) is 5.22. The predicted octanol–water partition coefficient (Wildman–Crippen LogP) is 1.61. The molecule has 0 aliphatic heterocycles. The molecule has 0 radical (unpaired) electrons. The molecule has 0 aromatic carbocycles. The molecule has 0 unspecified atom stereocenters. The number of halogens is 3. The lowest BCUT2D eigenvalue weighted by atomic mass is 10.2. The van der Waals surface area contributed by atoms with Crippen molar-refractivity contribution in [3.8, 4) is 0 Å². The van der Waals surface area contributed by atoms with Crippen LogP contribution in [0, 0.1) is 0 Å². The number of hydrogen-bond acceptors (Lipinski definition) is 2. The first-order valence-electron chi connectivity index (χ1n) is 4.08. The molecular formula is C7H15F3N2. The summed E-state index contributed by atoms with van der Waals surface area (Å²) in [6.07, 6.45) is -1.06. The maximum absolute atomic E-state index is 11.5. The molecule has 0 aromatic rings. The second-order valence-electron chi connectivity index (χ2n) is 2.63. The topological polar surface area (TPSA) is 38.0 Å². The van der Waals surface area contributed by atoms with Crippen molar-refractivity contribution in [3.05, 3.63) is 0 Å². The summed E-state index contributed by atoms with van der Waals surface area (Å²) in [4.78, 5) is 0. The van der Waals surface area contributed by atoms with E-state index in [1.165, 1.54) is 5.32 Å². The molecular weight excluding hydrogens is 169 g/mol. The largest absolute Gasteiger partial charge is 0.457 e. The van der Waals surface area contributed by atoms with Gasteiger partial charge in [-0.3, -0.25) is 0 Å². The molecule has 0 saturated carbocycles.